The van der Waals surface area contributed by atoms with Crippen LogP contribution in [0.1, 0.15) is 20.7 Å². The standard InChI is InChI=1S/C16H16ClN3O4S/c1-18-16(22)13-9-11(17)5-8-14(13)20-15(21)10-3-6-12(7-4-10)25(23,24)19-2/h3-9,19H,1-2H3,(H,18,22)(H,20,21). The van der Waals surface area contributed by atoms with Crippen LogP contribution < -0.4 is 15.4 Å². The highest BCUT2D eigenvalue weighted by Crippen LogP contribution is 2.21. The van der Waals surface area contributed by atoms with E-state index in [1.165, 1.54) is 50.5 Å². The van der Waals surface area contributed by atoms with Crippen LogP contribution in [0.5, 0.6) is 0 Å². The fourth-order valence-electron chi connectivity index (χ4n) is 2.05. The molecular weight excluding hydrogens is 366 g/mol. The van der Waals surface area contributed by atoms with E-state index < -0.39 is 21.8 Å². The Morgan fingerprint density at radius 3 is 2.16 bits per heavy atom. The third-order valence-electron chi connectivity index (χ3n) is 3.40. The van der Waals surface area contributed by atoms with E-state index in [1.807, 2.05) is 0 Å². The highest BCUT2D eigenvalue weighted by molar-refractivity contribution is 7.89. The molecule has 0 atom stereocenters. The van der Waals surface area contributed by atoms with Gasteiger partial charge in [-0.25, -0.2) is 13.1 Å². The second-order valence-electron chi connectivity index (χ2n) is 4.96. The second-order valence-corrected chi connectivity index (χ2v) is 7.28. The Balaban J connectivity index is 2.27. The van der Waals surface area contributed by atoms with Gasteiger partial charge in [0.1, 0.15) is 0 Å². The van der Waals surface area contributed by atoms with Crippen molar-refractivity contribution in [3.05, 3.63) is 58.6 Å². The number of carbonyl (C=O) groups is 2. The Morgan fingerprint density at radius 2 is 1.60 bits per heavy atom. The molecule has 3 N–H and O–H groups in total. The topological polar surface area (TPSA) is 104 Å². The lowest BCUT2D eigenvalue weighted by Crippen LogP contribution is -2.22. The summed E-state index contributed by atoms with van der Waals surface area (Å²) in [5.41, 5.74) is 0.756. The summed E-state index contributed by atoms with van der Waals surface area (Å²) in [5.74, 6) is -0.880. The molecule has 25 heavy (non-hydrogen) atoms. The molecule has 2 aromatic rings. The first-order valence-electron chi connectivity index (χ1n) is 7.15. The monoisotopic (exact) mass is 381 g/mol. The molecule has 0 saturated heterocycles. The average molecular weight is 382 g/mol. The SMILES string of the molecule is CNC(=O)c1cc(Cl)ccc1NC(=O)c1ccc(S(=O)(=O)NC)cc1. The van der Waals surface area contributed by atoms with Gasteiger partial charge in [-0.05, 0) is 49.5 Å². The summed E-state index contributed by atoms with van der Waals surface area (Å²) in [4.78, 5) is 24.3. The van der Waals surface area contributed by atoms with Gasteiger partial charge in [0.05, 0.1) is 16.1 Å². The molecule has 0 aromatic heterocycles. The van der Waals surface area contributed by atoms with Crippen molar-refractivity contribution >= 4 is 39.1 Å². The van der Waals surface area contributed by atoms with E-state index in [1.54, 1.807) is 6.07 Å². The molecule has 132 valence electrons. The van der Waals surface area contributed by atoms with Crippen molar-refractivity contribution in [2.45, 2.75) is 4.90 Å². The molecule has 0 aliphatic carbocycles. The van der Waals surface area contributed by atoms with Gasteiger partial charge in [-0.3, -0.25) is 9.59 Å². The lowest BCUT2D eigenvalue weighted by atomic mass is 10.1. The van der Waals surface area contributed by atoms with Crippen LogP contribution in [-0.4, -0.2) is 34.3 Å². The Kier molecular flexibility index (Phi) is 5.78. The number of hydrogen-bond donors (Lipinski definition) is 3. The number of nitrogens with one attached hydrogen (secondary N) is 3. The van der Waals surface area contributed by atoms with Crippen LogP contribution in [0.25, 0.3) is 0 Å². The van der Waals surface area contributed by atoms with Crippen molar-refractivity contribution in [1.29, 1.82) is 0 Å². The summed E-state index contributed by atoms with van der Waals surface area (Å²) in [6.45, 7) is 0. The van der Waals surface area contributed by atoms with Gasteiger partial charge in [0.15, 0.2) is 0 Å². The average Bonchev–Trinajstić information content (AvgIpc) is 2.62. The zero-order chi connectivity index (χ0) is 18.6. The summed E-state index contributed by atoms with van der Waals surface area (Å²) in [5, 5.41) is 5.45. The summed E-state index contributed by atoms with van der Waals surface area (Å²) < 4.78 is 25.6. The number of hydrogen-bond acceptors (Lipinski definition) is 4. The van der Waals surface area contributed by atoms with Gasteiger partial charge in [0.2, 0.25) is 10.0 Å². The van der Waals surface area contributed by atoms with Crippen molar-refractivity contribution < 1.29 is 18.0 Å². The highest BCUT2D eigenvalue weighted by Gasteiger charge is 2.16. The molecule has 7 nitrogen and oxygen atoms in total. The molecule has 0 bridgehead atoms. The van der Waals surface area contributed by atoms with Gasteiger partial charge >= 0.3 is 0 Å². The van der Waals surface area contributed by atoms with Crippen LogP contribution in [0.15, 0.2) is 47.4 Å². The molecule has 0 aliphatic heterocycles. The van der Waals surface area contributed by atoms with E-state index in [9.17, 15) is 18.0 Å². The molecule has 2 aromatic carbocycles. The third kappa shape index (κ3) is 4.36. The lowest BCUT2D eigenvalue weighted by molar-refractivity contribution is 0.0964. The molecule has 2 rings (SSSR count). The summed E-state index contributed by atoms with van der Waals surface area (Å²) >= 11 is 5.89. The molecule has 2 amide bonds. The van der Waals surface area contributed by atoms with Gasteiger partial charge in [-0.1, -0.05) is 11.6 Å². The zero-order valence-corrected chi connectivity index (χ0v) is 15.0. The van der Waals surface area contributed by atoms with Crippen LogP contribution in [0.3, 0.4) is 0 Å². The van der Waals surface area contributed by atoms with Crippen LogP contribution in [0, 0.1) is 0 Å². The molecule has 0 spiro atoms. The predicted molar refractivity (Wildman–Crippen MR) is 95.5 cm³/mol. The molecule has 0 saturated carbocycles. The Bertz CT molecular complexity index is 911. The maximum atomic E-state index is 12.4. The second kappa shape index (κ2) is 7.64. The minimum atomic E-state index is -3.57. The fraction of sp³-hybridized carbons (Fsp3) is 0.125. The molecular formula is C16H16ClN3O4S. The summed E-state index contributed by atoms with van der Waals surface area (Å²) in [6, 6.07) is 9.92. The predicted octanol–water partition coefficient (Wildman–Crippen LogP) is 1.86. The largest absolute Gasteiger partial charge is 0.355 e. The lowest BCUT2D eigenvalue weighted by Gasteiger charge is -2.11. The van der Waals surface area contributed by atoms with E-state index in [0.29, 0.717) is 10.7 Å². The van der Waals surface area contributed by atoms with Gasteiger partial charge in [0, 0.05) is 17.6 Å². The number of carbonyl (C=O) groups excluding carboxylic acids is 2. The van der Waals surface area contributed by atoms with Crippen LogP contribution in [0.4, 0.5) is 5.69 Å². The van der Waals surface area contributed by atoms with Crippen LogP contribution in [-0.2, 0) is 10.0 Å². The number of anilines is 1. The van der Waals surface area contributed by atoms with E-state index in [4.69, 9.17) is 11.6 Å². The molecule has 0 fully saturated rings. The summed E-state index contributed by atoms with van der Waals surface area (Å²) in [6.07, 6.45) is 0. The molecule has 0 unspecified atom stereocenters. The number of benzene rings is 2. The van der Waals surface area contributed by atoms with Crippen LogP contribution >= 0.6 is 11.6 Å². The van der Waals surface area contributed by atoms with Crippen molar-refractivity contribution in [2.24, 2.45) is 0 Å². The van der Waals surface area contributed by atoms with Gasteiger partial charge in [-0.15, -0.1) is 0 Å². The number of amides is 2. The van der Waals surface area contributed by atoms with E-state index in [2.05, 4.69) is 15.4 Å². The smallest absolute Gasteiger partial charge is 0.255 e. The summed E-state index contributed by atoms with van der Waals surface area (Å²) in [7, 11) is -0.805. The first kappa shape index (κ1) is 18.9. The quantitative estimate of drug-likeness (QED) is 0.735. The molecule has 0 radical (unpaired) electrons. The van der Waals surface area contributed by atoms with Crippen molar-refractivity contribution in [3.63, 3.8) is 0 Å². The number of halogens is 1. The number of sulfonamides is 1. The number of rotatable bonds is 5. The fourth-order valence-corrected chi connectivity index (χ4v) is 2.95. The maximum Gasteiger partial charge on any atom is 0.255 e. The van der Waals surface area contributed by atoms with E-state index in [0.717, 1.165) is 0 Å². The van der Waals surface area contributed by atoms with Crippen LogP contribution in [0.2, 0.25) is 5.02 Å². The zero-order valence-electron chi connectivity index (χ0n) is 13.5. The van der Waals surface area contributed by atoms with Gasteiger partial charge in [-0.2, -0.15) is 0 Å². The van der Waals surface area contributed by atoms with Crippen molar-refractivity contribution in [1.82, 2.24) is 10.0 Å². The van der Waals surface area contributed by atoms with Gasteiger partial charge in [0.25, 0.3) is 11.8 Å². The van der Waals surface area contributed by atoms with E-state index >= 15 is 0 Å². The minimum Gasteiger partial charge on any atom is -0.355 e. The third-order valence-corrected chi connectivity index (χ3v) is 5.06. The first-order chi connectivity index (χ1) is 11.8. The Labute approximate surface area is 150 Å². The van der Waals surface area contributed by atoms with Crippen molar-refractivity contribution in [2.75, 3.05) is 19.4 Å². The minimum absolute atomic E-state index is 0.0455. The van der Waals surface area contributed by atoms with Crippen molar-refractivity contribution in [3.8, 4) is 0 Å². The Hall–Kier alpha value is -2.42. The molecule has 0 heterocycles. The van der Waals surface area contributed by atoms with Gasteiger partial charge < -0.3 is 10.6 Å². The molecule has 9 heteroatoms. The maximum absolute atomic E-state index is 12.4. The highest BCUT2D eigenvalue weighted by atomic mass is 35.5. The van der Waals surface area contributed by atoms with E-state index in [-0.39, 0.29) is 16.0 Å². The first-order valence-corrected chi connectivity index (χ1v) is 9.01. The molecule has 0 aliphatic rings. The normalized spacial score (nSPS) is 11.0. The Morgan fingerprint density at radius 1 is 0.960 bits per heavy atom.